The maximum atomic E-state index is 3.90. The zero-order chi connectivity index (χ0) is 11.8. The van der Waals surface area contributed by atoms with E-state index < -0.39 is 0 Å². The third kappa shape index (κ3) is 2.05. The molecule has 2 nitrogen and oxygen atoms in total. The molecule has 2 rings (SSSR count). The molecule has 0 spiro atoms. The van der Waals surface area contributed by atoms with E-state index in [1.807, 2.05) is 6.08 Å². The molecule has 1 saturated carbocycles. The van der Waals surface area contributed by atoms with Gasteiger partial charge < -0.3 is 5.32 Å². The second kappa shape index (κ2) is 4.15. The van der Waals surface area contributed by atoms with Crippen molar-refractivity contribution in [3.05, 3.63) is 12.7 Å². The van der Waals surface area contributed by atoms with Crippen LogP contribution in [-0.2, 0) is 0 Å². The van der Waals surface area contributed by atoms with Gasteiger partial charge >= 0.3 is 0 Å². The average molecular weight is 222 g/mol. The lowest BCUT2D eigenvalue weighted by Crippen LogP contribution is -2.68. The highest BCUT2D eigenvalue weighted by Crippen LogP contribution is 2.42. The van der Waals surface area contributed by atoms with Crippen LogP contribution in [0.2, 0.25) is 0 Å². The molecule has 0 aromatic heterocycles. The number of rotatable bonds is 4. The second-order valence-corrected chi connectivity index (χ2v) is 6.06. The summed E-state index contributed by atoms with van der Waals surface area (Å²) in [5.74, 6) is 0.904. The van der Waals surface area contributed by atoms with E-state index >= 15 is 0 Å². The van der Waals surface area contributed by atoms with Gasteiger partial charge in [-0.25, -0.2) is 0 Å². The molecule has 0 aromatic rings. The summed E-state index contributed by atoms with van der Waals surface area (Å²) < 4.78 is 0. The van der Waals surface area contributed by atoms with E-state index in [1.54, 1.807) is 0 Å². The first-order chi connectivity index (χ1) is 7.54. The molecule has 0 amide bonds. The van der Waals surface area contributed by atoms with Crippen molar-refractivity contribution in [2.45, 2.75) is 51.1 Å². The van der Waals surface area contributed by atoms with Crippen molar-refractivity contribution in [2.24, 2.45) is 5.92 Å². The summed E-state index contributed by atoms with van der Waals surface area (Å²) in [7, 11) is 0. The summed E-state index contributed by atoms with van der Waals surface area (Å²) in [6.07, 6.45) is 6.07. The molecule has 0 bridgehead atoms. The summed E-state index contributed by atoms with van der Waals surface area (Å²) >= 11 is 0. The van der Waals surface area contributed by atoms with Gasteiger partial charge in [0.15, 0.2) is 0 Å². The van der Waals surface area contributed by atoms with Crippen LogP contribution in [0, 0.1) is 5.92 Å². The molecule has 2 unspecified atom stereocenters. The molecule has 92 valence electrons. The highest BCUT2D eigenvalue weighted by Gasteiger charge is 2.48. The number of nitrogens with one attached hydrogen (secondary N) is 1. The molecule has 1 saturated heterocycles. The summed E-state index contributed by atoms with van der Waals surface area (Å²) in [5, 5.41) is 3.81. The minimum absolute atomic E-state index is 0.308. The van der Waals surface area contributed by atoms with E-state index in [9.17, 15) is 0 Å². The van der Waals surface area contributed by atoms with Crippen molar-refractivity contribution < 1.29 is 0 Å². The van der Waals surface area contributed by atoms with Gasteiger partial charge in [-0.05, 0) is 39.0 Å². The Kier molecular flexibility index (Phi) is 3.15. The second-order valence-electron chi connectivity index (χ2n) is 6.06. The monoisotopic (exact) mass is 222 g/mol. The molecular weight excluding hydrogens is 196 g/mol. The van der Waals surface area contributed by atoms with E-state index in [2.05, 4.69) is 37.6 Å². The first kappa shape index (κ1) is 12.1. The van der Waals surface area contributed by atoms with Gasteiger partial charge in [-0.3, -0.25) is 4.90 Å². The molecule has 1 N–H and O–H groups in total. The fourth-order valence-corrected chi connectivity index (χ4v) is 2.93. The standard InChI is InChI=1S/C14H26N2/c1-5-9-16-11-14(4,12-7-8-12)15-10-13(16,3)6-2/h5,12,15H,1,6-11H2,2-4H3. The summed E-state index contributed by atoms with van der Waals surface area (Å²) in [5.41, 5.74) is 0.653. The molecule has 0 radical (unpaired) electrons. The normalized spacial score (nSPS) is 40.9. The van der Waals surface area contributed by atoms with Crippen LogP contribution in [0.15, 0.2) is 12.7 Å². The van der Waals surface area contributed by atoms with Gasteiger partial charge in [0.1, 0.15) is 0 Å². The number of hydrogen-bond acceptors (Lipinski definition) is 2. The maximum absolute atomic E-state index is 3.90. The molecule has 0 aromatic carbocycles. The van der Waals surface area contributed by atoms with Gasteiger partial charge in [-0.1, -0.05) is 13.0 Å². The molecule has 16 heavy (non-hydrogen) atoms. The van der Waals surface area contributed by atoms with Crippen LogP contribution in [0.3, 0.4) is 0 Å². The van der Waals surface area contributed by atoms with Crippen molar-refractivity contribution in [3.63, 3.8) is 0 Å². The quantitative estimate of drug-likeness (QED) is 0.735. The lowest BCUT2D eigenvalue weighted by molar-refractivity contribution is 0.0200. The molecule has 2 atom stereocenters. The topological polar surface area (TPSA) is 15.3 Å². The van der Waals surface area contributed by atoms with Crippen LogP contribution in [0.4, 0.5) is 0 Å². The van der Waals surface area contributed by atoms with E-state index in [4.69, 9.17) is 0 Å². The predicted molar refractivity (Wildman–Crippen MR) is 69.6 cm³/mol. The Morgan fingerprint density at radius 1 is 1.44 bits per heavy atom. The minimum atomic E-state index is 0.308. The maximum Gasteiger partial charge on any atom is 0.0309 e. The highest BCUT2D eigenvalue weighted by atomic mass is 15.3. The first-order valence-corrected chi connectivity index (χ1v) is 6.65. The van der Waals surface area contributed by atoms with E-state index in [-0.39, 0.29) is 0 Å². The van der Waals surface area contributed by atoms with Crippen LogP contribution >= 0.6 is 0 Å². The Bertz CT molecular complexity index is 272. The predicted octanol–water partition coefficient (Wildman–Crippen LogP) is 2.42. The van der Waals surface area contributed by atoms with Gasteiger partial charge in [0, 0.05) is 30.7 Å². The van der Waals surface area contributed by atoms with Crippen molar-refractivity contribution in [3.8, 4) is 0 Å². The minimum Gasteiger partial charge on any atom is -0.308 e. The van der Waals surface area contributed by atoms with Crippen molar-refractivity contribution >= 4 is 0 Å². The Morgan fingerprint density at radius 3 is 2.62 bits per heavy atom. The molecule has 2 aliphatic rings. The van der Waals surface area contributed by atoms with Crippen LogP contribution in [0.1, 0.15) is 40.0 Å². The fourth-order valence-electron chi connectivity index (χ4n) is 2.93. The summed E-state index contributed by atoms with van der Waals surface area (Å²) in [6.45, 7) is 14.3. The lowest BCUT2D eigenvalue weighted by atomic mass is 9.84. The van der Waals surface area contributed by atoms with Crippen LogP contribution < -0.4 is 5.32 Å². The summed E-state index contributed by atoms with van der Waals surface area (Å²) in [6, 6.07) is 0. The Hall–Kier alpha value is -0.340. The van der Waals surface area contributed by atoms with Crippen molar-refractivity contribution in [1.82, 2.24) is 10.2 Å². The molecule has 1 heterocycles. The van der Waals surface area contributed by atoms with Crippen molar-refractivity contribution in [1.29, 1.82) is 0 Å². The Morgan fingerprint density at radius 2 is 2.12 bits per heavy atom. The van der Waals surface area contributed by atoms with Gasteiger partial charge in [0.05, 0.1) is 0 Å². The van der Waals surface area contributed by atoms with Gasteiger partial charge in [0.25, 0.3) is 0 Å². The van der Waals surface area contributed by atoms with Gasteiger partial charge in [0.2, 0.25) is 0 Å². The van der Waals surface area contributed by atoms with Crippen LogP contribution in [-0.4, -0.2) is 35.6 Å². The third-order valence-corrected chi connectivity index (χ3v) is 4.75. The van der Waals surface area contributed by atoms with Crippen LogP contribution in [0.5, 0.6) is 0 Å². The highest BCUT2D eigenvalue weighted by molar-refractivity contribution is 5.08. The van der Waals surface area contributed by atoms with Gasteiger partial charge in [-0.2, -0.15) is 0 Å². The smallest absolute Gasteiger partial charge is 0.0309 e. The zero-order valence-corrected chi connectivity index (χ0v) is 11.1. The average Bonchev–Trinajstić information content (AvgIpc) is 3.08. The molecule has 2 fully saturated rings. The number of hydrogen-bond donors (Lipinski definition) is 1. The fraction of sp³-hybridized carbons (Fsp3) is 0.857. The number of nitrogens with zero attached hydrogens (tertiary/aromatic N) is 1. The molecule has 1 aliphatic heterocycles. The van der Waals surface area contributed by atoms with Crippen molar-refractivity contribution in [2.75, 3.05) is 19.6 Å². The largest absolute Gasteiger partial charge is 0.308 e. The van der Waals surface area contributed by atoms with Gasteiger partial charge in [-0.15, -0.1) is 6.58 Å². The Balaban J connectivity index is 2.10. The SMILES string of the molecule is C=CCN1CC(C)(C2CC2)NCC1(C)CC. The first-order valence-electron chi connectivity index (χ1n) is 6.65. The molecular formula is C14H26N2. The van der Waals surface area contributed by atoms with E-state index in [0.717, 1.165) is 19.0 Å². The van der Waals surface area contributed by atoms with Crippen LogP contribution in [0.25, 0.3) is 0 Å². The van der Waals surface area contributed by atoms with E-state index in [1.165, 1.54) is 25.8 Å². The third-order valence-electron chi connectivity index (χ3n) is 4.75. The van der Waals surface area contributed by atoms with E-state index in [0.29, 0.717) is 11.1 Å². The molecule has 2 heteroatoms. The summed E-state index contributed by atoms with van der Waals surface area (Å²) in [4.78, 5) is 2.62. The lowest BCUT2D eigenvalue weighted by Gasteiger charge is -2.52. The molecule has 1 aliphatic carbocycles. The zero-order valence-electron chi connectivity index (χ0n) is 11.1. The number of piperazine rings is 1. The Labute approximate surface area is 100 Å².